The second kappa shape index (κ2) is 8.65. The van der Waals surface area contributed by atoms with Crippen LogP contribution in [0, 0.1) is 0 Å². The van der Waals surface area contributed by atoms with Gasteiger partial charge in [0.15, 0.2) is 23.1 Å². The molecule has 40 heavy (non-hydrogen) atoms. The first-order valence-corrected chi connectivity index (χ1v) is 12.0. The van der Waals surface area contributed by atoms with Crippen LogP contribution in [0.5, 0.6) is 0 Å². The van der Waals surface area contributed by atoms with Gasteiger partial charge in [0, 0.05) is 33.4 Å². The first-order valence-electron chi connectivity index (χ1n) is 12.0. The molecule has 4 aromatic rings. The zero-order chi connectivity index (χ0) is 28.5. The number of fused-ring (bicyclic) bond motifs is 4. The highest BCUT2D eigenvalue weighted by atomic mass is 16.2. The SMILES string of the molecule is Nc1c(C(=O)N(N)C(=O)c2ccc3c(c2N)C(=O)c2ccccc2C3=O)ccc2c1C(=O)c1ccccc1C2=O. The summed E-state index contributed by atoms with van der Waals surface area (Å²) in [5, 5.41) is 0.252. The number of hydrazine groups is 1. The molecule has 194 valence electrons. The lowest BCUT2D eigenvalue weighted by atomic mass is 9.82. The minimum atomic E-state index is -1.07. The van der Waals surface area contributed by atoms with Crippen molar-refractivity contribution in [2.75, 3.05) is 11.5 Å². The average Bonchev–Trinajstić information content (AvgIpc) is 2.97. The van der Waals surface area contributed by atoms with Crippen molar-refractivity contribution in [3.05, 3.63) is 128 Å². The summed E-state index contributed by atoms with van der Waals surface area (Å²) in [6.07, 6.45) is 0. The number of anilines is 2. The molecule has 0 aromatic heterocycles. The Bertz CT molecular complexity index is 1770. The summed E-state index contributed by atoms with van der Waals surface area (Å²) >= 11 is 0. The predicted octanol–water partition coefficient (Wildman–Crippen LogP) is 2.56. The molecule has 0 bridgehead atoms. The zero-order valence-corrected chi connectivity index (χ0v) is 20.6. The first-order chi connectivity index (χ1) is 19.1. The van der Waals surface area contributed by atoms with Crippen molar-refractivity contribution in [1.82, 2.24) is 5.01 Å². The third-order valence-corrected chi connectivity index (χ3v) is 7.17. The van der Waals surface area contributed by atoms with Crippen LogP contribution >= 0.6 is 0 Å². The van der Waals surface area contributed by atoms with Crippen LogP contribution in [0.2, 0.25) is 0 Å². The van der Waals surface area contributed by atoms with Crippen LogP contribution in [0.4, 0.5) is 11.4 Å². The van der Waals surface area contributed by atoms with Gasteiger partial charge in [0.2, 0.25) is 0 Å². The Morgan fingerprint density at radius 2 is 0.800 bits per heavy atom. The molecule has 4 aromatic carbocycles. The number of ketones is 4. The van der Waals surface area contributed by atoms with Gasteiger partial charge in [-0.25, -0.2) is 10.9 Å². The minimum Gasteiger partial charge on any atom is -0.397 e. The molecule has 10 heteroatoms. The molecule has 0 saturated carbocycles. The van der Waals surface area contributed by atoms with Crippen LogP contribution < -0.4 is 17.3 Å². The van der Waals surface area contributed by atoms with E-state index in [9.17, 15) is 28.8 Å². The van der Waals surface area contributed by atoms with Gasteiger partial charge in [-0.05, 0) is 24.3 Å². The topological polar surface area (TPSA) is 184 Å². The van der Waals surface area contributed by atoms with Gasteiger partial charge in [-0.1, -0.05) is 48.5 Å². The number of carbonyl (C=O) groups excluding carboxylic acids is 6. The van der Waals surface area contributed by atoms with E-state index in [1.807, 2.05) is 0 Å². The van der Waals surface area contributed by atoms with E-state index >= 15 is 0 Å². The molecule has 0 heterocycles. The van der Waals surface area contributed by atoms with Crippen molar-refractivity contribution in [1.29, 1.82) is 0 Å². The molecule has 10 nitrogen and oxygen atoms in total. The van der Waals surface area contributed by atoms with E-state index in [0.717, 1.165) is 0 Å². The monoisotopic (exact) mass is 530 g/mol. The van der Waals surface area contributed by atoms with Gasteiger partial charge in [-0.3, -0.25) is 28.8 Å². The number of nitrogen functional groups attached to an aromatic ring is 2. The van der Waals surface area contributed by atoms with Crippen LogP contribution in [-0.2, 0) is 0 Å². The summed E-state index contributed by atoms with van der Waals surface area (Å²) in [5.41, 5.74) is 11.6. The number of nitrogens with two attached hydrogens (primary N) is 3. The fraction of sp³-hybridized carbons (Fsp3) is 0. The maximum atomic E-state index is 13.3. The molecule has 0 fully saturated rings. The van der Waals surface area contributed by atoms with Crippen molar-refractivity contribution in [2.24, 2.45) is 5.84 Å². The Morgan fingerprint density at radius 1 is 0.475 bits per heavy atom. The normalized spacial score (nSPS) is 13.2. The molecular weight excluding hydrogens is 512 g/mol. The molecule has 0 atom stereocenters. The maximum absolute atomic E-state index is 13.3. The van der Waals surface area contributed by atoms with E-state index < -0.39 is 34.9 Å². The lowest BCUT2D eigenvalue weighted by molar-refractivity contribution is 0.0616. The highest BCUT2D eigenvalue weighted by molar-refractivity contribution is 6.32. The zero-order valence-electron chi connectivity index (χ0n) is 20.6. The van der Waals surface area contributed by atoms with Gasteiger partial charge in [0.1, 0.15) is 0 Å². The number of hydrogen-bond donors (Lipinski definition) is 3. The Balaban J connectivity index is 1.37. The maximum Gasteiger partial charge on any atom is 0.277 e. The number of nitrogens with zero attached hydrogens (tertiary/aromatic N) is 1. The summed E-state index contributed by atoms with van der Waals surface area (Å²) in [5.74, 6) is 1.81. The van der Waals surface area contributed by atoms with E-state index in [1.165, 1.54) is 48.5 Å². The van der Waals surface area contributed by atoms with Gasteiger partial charge < -0.3 is 11.5 Å². The number of carbonyl (C=O) groups is 6. The van der Waals surface area contributed by atoms with Crippen molar-refractivity contribution in [3.63, 3.8) is 0 Å². The Kier molecular flexibility index (Phi) is 5.32. The molecule has 0 saturated heterocycles. The van der Waals surface area contributed by atoms with E-state index in [2.05, 4.69) is 0 Å². The van der Waals surface area contributed by atoms with Crippen LogP contribution in [0.1, 0.15) is 84.4 Å². The Labute approximate surface area is 225 Å². The predicted molar refractivity (Wildman–Crippen MR) is 143 cm³/mol. The summed E-state index contributed by atoms with van der Waals surface area (Å²) < 4.78 is 0. The second-order valence-electron chi connectivity index (χ2n) is 9.29. The molecular formula is C30H18N4O6. The fourth-order valence-corrected chi connectivity index (χ4v) is 5.15. The van der Waals surface area contributed by atoms with Crippen LogP contribution in [-0.4, -0.2) is 40.0 Å². The summed E-state index contributed by atoms with van der Waals surface area (Å²) in [7, 11) is 0. The lowest BCUT2D eigenvalue weighted by Gasteiger charge is -2.23. The minimum absolute atomic E-state index is 0.0232. The smallest absolute Gasteiger partial charge is 0.277 e. The van der Waals surface area contributed by atoms with Gasteiger partial charge in [0.05, 0.1) is 33.6 Å². The summed E-state index contributed by atoms with van der Waals surface area (Å²) in [6, 6.07) is 17.4. The van der Waals surface area contributed by atoms with Gasteiger partial charge in [0.25, 0.3) is 11.8 Å². The standard InChI is InChI=1S/C30H18N4O6/c31-23-19(11-9-17-21(23)27(37)15-7-3-1-5-13(15)25(17)35)29(39)34(33)30(40)20-12-10-18-22(24(20)32)28(38)16-8-4-2-6-14(16)26(18)36/h1-12H,31-33H2. The highest BCUT2D eigenvalue weighted by Crippen LogP contribution is 2.35. The van der Waals surface area contributed by atoms with Crippen molar-refractivity contribution < 1.29 is 28.8 Å². The third-order valence-electron chi connectivity index (χ3n) is 7.17. The van der Waals surface area contributed by atoms with E-state index in [0.29, 0.717) is 0 Å². The molecule has 2 aliphatic rings. The lowest BCUT2D eigenvalue weighted by Crippen LogP contribution is -2.43. The van der Waals surface area contributed by atoms with Gasteiger partial charge >= 0.3 is 0 Å². The van der Waals surface area contributed by atoms with Crippen LogP contribution in [0.25, 0.3) is 0 Å². The van der Waals surface area contributed by atoms with Crippen molar-refractivity contribution in [2.45, 2.75) is 0 Å². The number of benzene rings is 4. The summed E-state index contributed by atoms with van der Waals surface area (Å²) in [6.45, 7) is 0. The Hall–Kier alpha value is -5.74. The van der Waals surface area contributed by atoms with Crippen LogP contribution in [0.15, 0.2) is 72.8 Å². The quantitative estimate of drug-likeness (QED) is 0.0995. The molecule has 0 aliphatic heterocycles. The number of rotatable bonds is 2. The highest BCUT2D eigenvalue weighted by Gasteiger charge is 2.36. The molecule has 0 unspecified atom stereocenters. The third kappa shape index (κ3) is 3.27. The average molecular weight is 530 g/mol. The molecule has 2 aliphatic carbocycles. The van der Waals surface area contributed by atoms with E-state index in [-0.39, 0.29) is 72.0 Å². The van der Waals surface area contributed by atoms with Gasteiger partial charge in [-0.15, -0.1) is 0 Å². The molecule has 0 radical (unpaired) electrons. The number of imide groups is 1. The number of amides is 2. The molecule has 0 spiro atoms. The van der Waals surface area contributed by atoms with Crippen LogP contribution in [0.3, 0.4) is 0 Å². The molecule has 6 N–H and O–H groups in total. The number of hydrogen-bond acceptors (Lipinski definition) is 9. The van der Waals surface area contributed by atoms with Crippen molar-refractivity contribution in [3.8, 4) is 0 Å². The first kappa shape index (κ1) is 24.6. The molecule has 6 rings (SSSR count). The summed E-state index contributed by atoms with van der Waals surface area (Å²) in [4.78, 5) is 78.9. The van der Waals surface area contributed by atoms with Crippen molar-refractivity contribution >= 4 is 46.3 Å². The van der Waals surface area contributed by atoms with Gasteiger partial charge in [-0.2, -0.15) is 0 Å². The van der Waals surface area contributed by atoms with E-state index in [4.69, 9.17) is 17.3 Å². The Morgan fingerprint density at radius 3 is 1.15 bits per heavy atom. The largest absolute Gasteiger partial charge is 0.397 e. The fourth-order valence-electron chi connectivity index (χ4n) is 5.15. The van der Waals surface area contributed by atoms with E-state index in [1.54, 1.807) is 24.3 Å². The molecule has 2 amide bonds. The second-order valence-corrected chi connectivity index (χ2v) is 9.29.